The van der Waals surface area contributed by atoms with Crippen LogP contribution < -0.4 is 10.9 Å². The van der Waals surface area contributed by atoms with Crippen LogP contribution in [0.15, 0.2) is 89.7 Å². The van der Waals surface area contributed by atoms with Gasteiger partial charge in [0.05, 0.1) is 19.0 Å². The maximum atomic E-state index is 13.2. The number of carbonyl (C=O) groups excluding carboxylic acids is 1. The van der Waals surface area contributed by atoms with Gasteiger partial charge in [-0.25, -0.2) is 9.07 Å². The lowest BCUT2D eigenvalue weighted by molar-refractivity contribution is -0.137. The monoisotopic (exact) mass is 459 g/mol. The molecule has 0 radical (unpaired) electrons. The first-order valence-corrected chi connectivity index (χ1v) is 10.6. The van der Waals surface area contributed by atoms with E-state index >= 15 is 0 Å². The molecular weight excluding hydrogens is 437 g/mol. The summed E-state index contributed by atoms with van der Waals surface area (Å²) < 4.78 is 14.5. The molecule has 172 valence electrons. The van der Waals surface area contributed by atoms with E-state index in [1.165, 1.54) is 22.9 Å². The molecule has 0 spiro atoms. The van der Waals surface area contributed by atoms with Crippen LogP contribution in [-0.4, -0.2) is 26.8 Å². The number of aliphatic carboxylic acids is 1. The van der Waals surface area contributed by atoms with Gasteiger partial charge in [-0.3, -0.25) is 19.5 Å². The number of carboxylic acids is 1. The molecule has 1 aromatic heterocycles. The van der Waals surface area contributed by atoms with Crippen LogP contribution in [-0.2, 0) is 11.3 Å². The Labute approximate surface area is 194 Å². The van der Waals surface area contributed by atoms with Crippen LogP contribution in [0.25, 0.3) is 11.1 Å². The van der Waals surface area contributed by atoms with Crippen molar-refractivity contribution in [2.24, 2.45) is 0 Å². The van der Waals surface area contributed by atoms with Crippen LogP contribution in [0.5, 0.6) is 0 Å². The second kappa shape index (κ2) is 9.99. The fraction of sp³-hybridized carbons (Fsp3) is 0.115. The van der Waals surface area contributed by atoms with Crippen molar-refractivity contribution >= 4 is 11.9 Å². The predicted molar refractivity (Wildman–Crippen MR) is 125 cm³/mol. The zero-order valence-electron chi connectivity index (χ0n) is 18.1. The maximum absolute atomic E-state index is 13.2. The highest BCUT2D eigenvalue weighted by Gasteiger charge is 2.21. The van der Waals surface area contributed by atoms with Gasteiger partial charge in [0.15, 0.2) is 0 Å². The van der Waals surface area contributed by atoms with Gasteiger partial charge in [0.1, 0.15) is 11.5 Å². The molecule has 8 heteroatoms. The third-order valence-electron chi connectivity index (χ3n) is 5.39. The van der Waals surface area contributed by atoms with E-state index in [2.05, 4.69) is 10.4 Å². The number of aromatic amines is 1. The minimum absolute atomic E-state index is 0.0410. The molecule has 1 unspecified atom stereocenters. The van der Waals surface area contributed by atoms with Crippen LogP contribution in [0.1, 0.15) is 34.1 Å². The summed E-state index contributed by atoms with van der Waals surface area (Å²) in [6.07, 6.45) is -0.337. The van der Waals surface area contributed by atoms with Crippen LogP contribution in [0, 0.1) is 5.82 Å². The summed E-state index contributed by atoms with van der Waals surface area (Å²) in [5.41, 5.74) is 2.79. The number of carbonyl (C=O) groups is 2. The van der Waals surface area contributed by atoms with Gasteiger partial charge in [0.25, 0.3) is 11.5 Å². The summed E-state index contributed by atoms with van der Waals surface area (Å²) in [6.45, 7) is 0.274. The summed E-state index contributed by atoms with van der Waals surface area (Å²) in [6, 6.07) is 22.7. The molecule has 1 amide bonds. The number of aromatic nitrogens is 2. The fourth-order valence-electron chi connectivity index (χ4n) is 3.65. The molecule has 3 N–H and O–H groups in total. The molecule has 0 saturated carbocycles. The van der Waals surface area contributed by atoms with E-state index in [0.717, 1.165) is 16.7 Å². The number of benzene rings is 3. The average Bonchev–Trinajstić information content (AvgIpc) is 3.20. The Hall–Kier alpha value is -4.46. The van der Waals surface area contributed by atoms with E-state index in [0.29, 0.717) is 5.56 Å². The van der Waals surface area contributed by atoms with Crippen molar-refractivity contribution in [3.8, 4) is 11.1 Å². The smallest absolute Gasteiger partial charge is 0.305 e. The Balaban J connectivity index is 1.52. The van der Waals surface area contributed by atoms with Crippen molar-refractivity contribution in [2.75, 3.05) is 0 Å². The fourth-order valence-corrected chi connectivity index (χ4v) is 3.65. The zero-order chi connectivity index (χ0) is 24.1. The number of amides is 1. The molecule has 0 aliphatic carbocycles. The first-order chi connectivity index (χ1) is 16.4. The molecule has 4 aromatic rings. The lowest BCUT2D eigenvalue weighted by Gasteiger charge is -2.17. The minimum Gasteiger partial charge on any atom is -0.481 e. The van der Waals surface area contributed by atoms with Crippen molar-refractivity contribution < 1.29 is 19.1 Å². The first-order valence-electron chi connectivity index (χ1n) is 10.6. The highest BCUT2D eigenvalue weighted by molar-refractivity contribution is 5.92. The Morgan fingerprint density at radius 2 is 1.56 bits per heavy atom. The Morgan fingerprint density at radius 3 is 2.18 bits per heavy atom. The van der Waals surface area contributed by atoms with E-state index in [1.807, 2.05) is 30.3 Å². The van der Waals surface area contributed by atoms with Gasteiger partial charge in [0, 0.05) is 6.07 Å². The molecule has 0 bridgehead atoms. The second-order valence-electron chi connectivity index (χ2n) is 7.83. The molecular formula is C26H22FN3O4. The normalized spacial score (nSPS) is 11.7. The van der Waals surface area contributed by atoms with E-state index < -0.39 is 17.9 Å². The molecule has 4 rings (SSSR count). The molecule has 3 aromatic carbocycles. The van der Waals surface area contributed by atoms with Gasteiger partial charge in [-0.1, -0.05) is 66.7 Å². The number of hydrogen-bond acceptors (Lipinski definition) is 3. The summed E-state index contributed by atoms with van der Waals surface area (Å²) in [7, 11) is 0. The quantitative estimate of drug-likeness (QED) is 0.371. The number of nitrogens with one attached hydrogen (secondary N) is 2. The molecule has 1 atom stereocenters. The zero-order valence-corrected chi connectivity index (χ0v) is 18.1. The third-order valence-corrected chi connectivity index (χ3v) is 5.39. The van der Waals surface area contributed by atoms with E-state index in [1.54, 1.807) is 36.4 Å². The lowest BCUT2D eigenvalue weighted by atomic mass is 9.99. The van der Waals surface area contributed by atoms with Gasteiger partial charge in [-0.2, -0.15) is 0 Å². The van der Waals surface area contributed by atoms with Crippen molar-refractivity contribution in [1.82, 2.24) is 15.1 Å². The number of carboxylic acid groups (broad SMARTS) is 1. The third kappa shape index (κ3) is 5.47. The standard InChI is InChI=1S/C26H22FN3O4/c27-21-12-10-19(11-13-21)18-6-8-20(9-7-18)22(15-25(32)33)28-26(34)23-14-24(31)30(29-23)16-17-4-2-1-3-5-17/h1-14,22,29H,15-16H2,(H,28,34)(H,32,33). The highest BCUT2D eigenvalue weighted by atomic mass is 19.1. The molecule has 0 aliphatic heterocycles. The Morgan fingerprint density at radius 1 is 0.941 bits per heavy atom. The van der Waals surface area contributed by atoms with Crippen LogP contribution in [0.4, 0.5) is 4.39 Å². The summed E-state index contributed by atoms with van der Waals surface area (Å²) in [4.78, 5) is 36.6. The highest BCUT2D eigenvalue weighted by Crippen LogP contribution is 2.24. The topological polar surface area (TPSA) is 104 Å². The largest absolute Gasteiger partial charge is 0.481 e. The van der Waals surface area contributed by atoms with E-state index in [-0.39, 0.29) is 30.0 Å². The SMILES string of the molecule is O=C(O)CC(NC(=O)c1cc(=O)n(Cc2ccccc2)[nH]1)c1ccc(-c2ccc(F)cc2)cc1. The Kier molecular flexibility index (Phi) is 6.68. The van der Waals surface area contributed by atoms with Crippen molar-refractivity contribution in [3.05, 3.63) is 118 Å². The van der Waals surface area contributed by atoms with Gasteiger partial charge in [-0.05, 0) is 34.4 Å². The van der Waals surface area contributed by atoms with E-state index in [9.17, 15) is 23.9 Å². The average molecular weight is 459 g/mol. The van der Waals surface area contributed by atoms with Crippen LogP contribution in [0.2, 0.25) is 0 Å². The number of halogens is 1. The van der Waals surface area contributed by atoms with Crippen molar-refractivity contribution in [2.45, 2.75) is 19.0 Å². The van der Waals surface area contributed by atoms with Crippen molar-refractivity contribution in [1.29, 1.82) is 0 Å². The molecule has 0 saturated heterocycles. The maximum Gasteiger partial charge on any atom is 0.305 e. The number of rotatable bonds is 8. The molecule has 7 nitrogen and oxygen atoms in total. The number of H-pyrrole nitrogens is 1. The van der Waals surface area contributed by atoms with Gasteiger partial charge in [-0.15, -0.1) is 0 Å². The lowest BCUT2D eigenvalue weighted by Crippen LogP contribution is -2.30. The molecule has 1 heterocycles. The van der Waals surface area contributed by atoms with Gasteiger partial charge in [0.2, 0.25) is 0 Å². The summed E-state index contributed by atoms with van der Waals surface area (Å²) in [5.74, 6) is -2.00. The summed E-state index contributed by atoms with van der Waals surface area (Å²) >= 11 is 0. The predicted octanol–water partition coefficient (Wildman–Crippen LogP) is 3.98. The first kappa shape index (κ1) is 22.7. The molecule has 0 aliphatic rings. The minimum atomic E-state index is -1.08. The second-order valence-corrected chi connectivity index (χ2v) is 7.83. The molecule has 34 heavy (non-hydrogen) atoms. The van der Waals surface area contributed by atoms with Gasteiger partial charge >= 0.3 is 5.97 Å². The molecule has 0 fully saturated rings. The van der Waals surface area contributed by atoms with Crippen LogP contribution in [0.3, 0.4) is 0 Å². The number of hydrogen-bond donors (Lipinski definition) is 3. The number of nitrogens with zero attached hydrogens (tertiary/aromatic N) is 1. The van der Waals surface area contributed by atoms with E-state index in [4.69, 9.17) is 0 Å². The van der Waals surface area contributed by atoms with Crippen molar-refractivity contribution in [3.63, 3.8) is 0 Å². The van der Waals surface area contributed by atoms with Crippen LogP contribution >= 0.6 is 0 Å². The van der Waals surface area contributed by atoms with Gasteiger partial charge < -0.3 is 10.4 Å². The Bertz CT molecular complexity index is 1340. The summed E-state index contributed by atoms with van der Waals surface area (Å²) in [5, 5.41) is 14.8.